The summed E-state index contributed by atoms with van der Waals surface area (Å²) in [6.07, 6.45) is 1.59. The molecule has 4 aromatic rings. The summed E-state index contributed by atoms with van der Waals surface area (Å²) in [5.74, 6) is 2.08. The van der Waals surface area contributed by atoms with E-state index >= 15 is 0 Å². The first-order valence-corrected chi connectivity index (χ1v) is 8.82. The van der Waals surface area contributed by atoms with Crippen molar-refractivity contribution in [3.8, 4) is 0 Å². The molecule has 1 aromatic carbocycles. The number of hydrogen-bond acceptors (Lipinski definition) is 6. The van der Waals surface area contributed by atoms with Crippen molar-refractivity contribution in [1.29, 1.82) is 0 Å². The molecule has 0 atom stereocenters. The van der Waals surface area contributed by atoms with E-state index in [2.05, 4.69) is 35.5 Å². The van der Waals surface area contributed by atoms with Gasteiger partial charge < -0.3 is 15.2 Å². The van der Waals surface area contributed by atoms with E-state index in [9.17, 15) is 4.79 Å². The van der Waals surface area contributed by atoms with E-state index < -0.39 is 0 Å². The second-order valence-electron chi connectivity index (χ2n) is 6.86. The Balaban J connectivity index is 1.18. The Morgan fingerprint density at radius 1 is 1.30 bits per heavy atom. The van der Waals surface area contributed by atoms with Crippen molar-refractivity contribution in [2.75, 3.05) is 24.5 Å². The number of hydrogen-bond donors (Lipinski definition) is 2. The molecule has 0 radical (unpaired) electrons. The highest BCUT2D eigenvalue weighted by atomic mass is 16.1. The van der Waals surface area contributed by atoms with Gasteiger partial charge >= 0.3 is 0 Å². The lowest BCUT2D eigenvalue weighted by Crippen LogP contribution is -2.52. The number of aromatic nitrogens is 6. The lowest BCUT2D eigenvalue weighted by atomic mass is 10.00. The summed E-state index contributed by atoms with van der Waals surface area (Å²) in [6.45, 7) is 4.27. The first-order chi connectivity index (χ1) is 13.2. The van der Waals surface area contributed by atoms with Crippen molar-refractivity contribution in [3.05, 3.63) is 48.0 Å². The summed E-state index contributed by atoms with van der Waals surface area (Å²) in [7, 11) is 0. The van der Waals surface area contributed by atoms with E-state index in [1.165, 1.54) is 0 Å². The zero-order chi connectivity index (χ0) is 18.4. The number of imidazole rings is 1. The number of aromatic amines is 1. The van der Waals surface area contributed by atoms with Crippen LogP contribution in [0.5, 0.6) is 0 Å². The minimum absolute atomic E-state index is 0.0633. The molecule has 1 aliphatic rings. The highest BCUT2D eigenvalue weighted by Crippen LogP contribution is 2.22. The maximum Gasteiger partial charge on any atom is 0.251 e. The quantitative estimate of drug-likeness (QED) is 0.565. The molecular weight excluding hydrogens is 344 g/mol. The number of anilines is 1. The van der Waals surface area contributed by atoms with E-state index in [0.29, 0.717) is 18.0 Å². The molecule has 27 heavy (non-hydrogen) atoms. The Hall–Kier alpha value is -3.49. The molecular formula is C18H18N8O. The minimum Gasteiger partial charge on any atom is -0.354 e. The van der Waals surface area contributed by atoms with Crippen molar-refractivity contribution >= 4 is 28.4 Å². The molecule has 1 aliphatic heterocycles. The molecule has 2 N–H and O–H groups in total. The van der Waals surface area contributed by atoms with E-state index in [0.717, 1.165) is 41.4 Å². The van der Waals surface area contributed by atoms with Crippen LogP contribution in [0.2, 0.25) is 0 Å². The first kappa shape index (κ1) is 15.7. The molecule has 1 fully saturated rings. The molecule has 4 heterocycles. The van der Waals surface area contributed by atoms with Crippen molar-refractivity contribution in [3.63, 3.8) is 0 Å². The maximum atomic E-state index is 12.4. The van der Waals surface area contributed by atoms with Crippen LogP contribution in [0, 0.1) is 12.8 Å². The second-order valence-corrected chi connectivity index (χ2v) is 6.86. The average Bonchev–Trinajstić information content (AvgIpc) is 3.23. The third kappa shape index (κ3) is 2.86. The summed E-state index contributed by atoms with van der Waals surface area (Å²) < 4.78 is 1.66. The van der Waals surface area contributed by atoms with Crippen molar-refractivity contribution in [1.82, 2.24) is 35.1 Å². The number of amides is 1. The monoisotopic (exact) mass is 362 g/mol. The normalized spacial score (nSPS) is 14.6. The Labute approximate surface area is 154 Å². The van der Waals surface area contributed by atoms with E-state index in [4.69, 9.17) is 0 Å². The van der Waals surface area contributed by atoms with Gasteiger partial charge in [0.1, 0.15) is 18.0 Å². The van der Waals surface area contributed by atoms with Crippen molar-refractivity contribution in [2.45, 2.75) is 6.92 Å². The summed E-state index contributed by atoms with van der Waals surface area (Å²) in [5.41, 5.74) is 3.12. The molecule has 5 rings (SSSR count). The number of benzene rings is 1. The van der Waals surface area contributed by atoms with E-state index in [-0.39, 0.29) is 5.91 Å². The molecule has 9 nitrogen and oxygen atoms in total. The van der Waals surface area contributed by atoms with Crippen LogP contribution in [-0.4, -0.2) is 55.3 Å². The van der Waals surface area contributed by atoms with Gasteiger partial charge in [0.25, 0.3) is 5.91 Å². The fourth-order valence-corrected chi connectivity index (χ4v) is 3.39. The largest absolute Gasteiger partial charge is 0.354 e. The fourth-order valence-electron chi connectivity index (χ4n) is 3.39. The van der Waals surface area contributed by atoms with Crippen LogP contribution in [0.4, 0.5) is 5.82 Å². The Kier molecular flexibility index (Phi) is 3.52. The van der Waals surface area contributed by atoms with Gasteiger partial charge in [0.2, 0.25) is 0 Å². The molecule has 1 amide bonds. The van der Waals surface area contributed by atoms with Gasteiger partial charge in [-0.05, 0) is 37.3 Å². The molecule has 0 bridgehead atoms. The molecule has 0 saturated carbocycles. The Morgan fingerprint density at radius 3 is 3.07 bits per heavy atom. The third-order valence-electron chi connectivity index (χ3n) is 4.84. The first-order valence-electron chi connectivity index (χ1n) is 8.82. The summed E-state index contributed by atoms with van der Waals surface area (Å²) in [5, 5.41) is 15.3. The number of carbonyl (C=O) groups excluding carboxylic acids is 1. The molecule has 9 heteroatoms. The van der Waals surface area contributed by atoms with Gasteiger partial charge in [-0.25, -0.2) is 4.98 Å². The van der Waals surface area contributed by atoms with Crippen molar-refractivity contribution in [2.24, 2.45) is 5.92 Å². The standard InChI is InChI=1S/C18H18N8O/c1-11-21-14-3-2-13(6-15(14)22-11)18(27)19-7-12-8-25(9-12)17-5-4-16-23-20-10-26(16)24-17/h2-6,10,12H,7-9H2,1H3,(H,19,27)(H,21,22). The van der Waals surface area contributed by atoms with E-state index in [1.807, 2.05) is 37.3 Å². The number of fused-ring (bicyclic) bond motifs is 2. The maximum absolute atomic E-state index is 12.4. The minimum atomic E-state index is -0.0633. The SMILES string of the molecule is Cc1nc2ccc(C(=O)NCC3CN(c4ccc5nncn5n4)C3)cc2[nH]1. The average molecular weight is 362 g/mol. The molecule has 0 aliphatic carbocycles. The van der Waals surface area contributed by atoms with Gasteiger partial charge in [-0.2, -0.15) is 4.52 Å². The third-order valence-corrected chi connectivity index (χ3v) is 4.84. The number of rotatable bonds is 4. The van der Waals surface area contributed by atoms with Crippen LogP contribution in [-0.2, 0) is 0 Å². The Morgan fingerprint density at radius 2 is 2.19 bits per heavy atom. The lowest BCUT2D eigenvalue weighted by molar-refractivity contribution is 0.0944. The zero-order valence-electron chi connectivity index (χ0n) is 14.8. The van der Waals surface area contributed by atoms with Gasteiger partial charge in [-0.3, -0.25) is 4.79 Å². The molecule has 0 unspecified atom stereocenters. The van der Waals surface area contributed by atoms with Gasteiger partial charge in [0.05, 0.1) is 11.0 Å². The highest BCUT2D eigenvalue weighted by Gasteiger charge is 2.28. The van der Waals surface area contributed by atoms with Gasteiger partial charge in [0, 0.05) is 31.1 Å². The number of nitrogens with one attached hydrogen (secondary N) is 2. The molecule has 1 saturated heterocycles. The van der Waals surface area contributed by atoms with Gasteiger partial charge in [0.15, 0.2) is 5.65 Å². The fraction of sp³-hybridized carbons (Fsp3) is 0.278. The summed E-state index contributed by atoms with van der Waals surface area (Å²) in [6, 6.07) is 9.36. The highest BCUT2D eigenvalue weighted by molar-refractivity contribution is 5.97. The number of carbonyl (C=O) groups is 1. The van der Waals surface area contributed by atoms with Crippen LogP contribution in [0.1, 0.15) is 16.2 Å². The van der Waals surface area contributed by atoms with Gasteiger partial charge in [-0.15, -0.1) is 15.3 Å². The second kappa shape index (κ2) is 6.04. The van der Waals surface area contributed by atoms with Crippen LogP contribution < -0.4 is 10.2 Å². The lowest BCUT2D eigenvalue weighted by Gasteiger charge is -2.40. The van der Waals surface area contributed by atoms with E-state index in [1.54, 1.807) is 10.8 Å². The van der Waals surface area contributed by atoms with Crippen molar-refractivity contribution < 1.29 is 4.79 Å². The zero-order valence-corrected chi connectivity index (χ0v) is 14.8. The number of H-pyrrole nitrogens is 1. The summed E-state index contributed by atoms with van der Waals surface area (Å²) in [4.78, 5) is 22.1. The smallest absolute Gasteiger partial charge is 0.251 e. The van der Waals surface area contributed by atoms with Gasteiger partial charge in [-0.1, -0.05) is 0 Å². The number of aryl methyl sites for hydroxylation is 1. The predicted octanol–water partition coefficient (Wildman–Crippen LogP) is 1.18. The molecule has 3 aromatic heterocycles. The Bertz CT molecular complexity index is 1140. The van der Waals surface area contributed by atoms with Crippen LogP contribution in [0.15, 0.2) is 36.7 Å². The molecule has 136 valence electrons. The molecule has 0 spiro atoms. The number of nitrogens with zero attached hydrogens (tertiary/aromatic N) is 6. The van der Waals surface area contributed by atoms with Crippen LogP contribution in [0.25, 0.3) is 16.7 Å². The van der Waals surface area contributed by atoms with Crippen LogP contribution in [0.3, 0.4) is 0 Å². The summed E-state index contributed by atoms with van der Waals surface area (Å²) >= 11 is 0. The topological polar surface area (TPSA) is 104 Å². The predicted molar refractivity (Wildman–Crippen MR) is 99.6 cm³/mol. The van der Waals surface area contributed by atoms with Crippen LogP contribution >= 0.6 is 0 Å².